The fourth-order valence-electron chi connectivity index (χ4n) is 3.21. The Morgan fingerprint density at radius 2 is 2.05 bits per heavy atom. The van der Waals surface area contributed by atoms with Crippen molar-refractivity contribution in [3.63, 3.8) is 0 Å². The molecule has 3 aliphatic rings. The summed E-state index contributed by atoms with van der Waals surface area (Å²) in [7, 11) is 0. The van der Waals surface area contributed by atoms with Crippen molar-refractivity contribution in [1.82, 2.24) is 15.1 Å². The lowest BCUT2D eigenvalue weighted by Gasteiger charge is -2.25. The molecule has 0 aromatic heterocycles. The Balaban J connectivity index is 1.51. The van der Waals surface area contributed by atoms with Crippen molar-refractivity contribution in [3.05, 3.63) is 12.2 Å². The van der Waals surface area contributed by atoms with E-state index in [1.807, 2.05) is 0 Å². The Morgan fingerprint density at radius 1 is 1.25 bits per heavy atom. The van der Waals surface area contributed by atoms with Crippen LogP contribution in [0.25, 0.3) is 0 Å². The molecule has 112 valence electrons. The highest BCUT2D eigenvalue weighted by Crippen LogP contribution is 2.32. The van der Waals surface area contributed by atoms with Crippen molar-refractivity contribution in [2.45, 2.75) is 38.6 Å². The van der Waals surface area contributed by atoms with E-state index in [9.17, 15) is 0 Å². The van der Waals surface area contributed by atoms with Gasteiger partial charge in [-0.05, 0) is 25.7 Å². The van der Waals surface area contributed by atoms with E-state index < -0.39 is 0 Å². The maximum Gasteiger partial charge on any atom is 0.193 e. The molecule has 3 rings (SSSR count). The minimum atomic E-state index is 0.706. The highest BCUT2D eigenvalue weighted by atomic mass is 15.3. The molecule has 0 spiro atoms. The van der Waals surface area contributed by atoms with Gasteiger partial charge in [-0.1, -0.05) is 25.0 Å². The van der Waals surface area contributed by atoms with Crippen LogP contribution in [-0.4, -0.2) is 61.1 Å². The van der Waals surface area contributed by atoms with Crippen LogP contribution < -0.4 is 5.32 Å². The summed E-state index contributed by atoms with van der Waals surface area (Å²) in [4.78, 5) is 9.87. The van der Waals surface area contributed by atoms with Gasteiger partial charge in [0.15, 0.2) is 5.96 Å². The zero-order valence-electron chi connectivity index (χ0n) is 12.7. The minimum Gasteiger partial charge on any atom is -0.357 e. The number of likely N-dealkylation sites (tertiary alicyclic amines) is 1. The monoisotopic (exact) mass is 276 g/mol. The molecule has 1 N–H and O–H groups in total. The van der Waals surface area contributed by atoms with Crippen LogP contribution in [0.1, 0.15) is 32.6 Å². The van der Waals surface area contributed by atoms with Crippen molar-refractivity contribution < 1.29 is 0 Å². The molecule has 1 unspecified atom stereocenters. The molecular formula is C16H28N4. The zero-order valence-corrected chi connectivity index (χ0v) is 12.7. The summed E-state index contributed by atoms with van der Waals surface area (Å²) < 4.78 is 0. The number of guanidine groups is 1. The van der Waals surface area contributed by atoms with Gasteiger partial charge in [-0.25, -0.2) is 0 Å². The number of hydrogen-bond acceptors (Lipinski definition) is 2. The number of hydrogen-bond donors (Lipinski definition) is 1. The van der Waals surface area contributed by atoms with Gasteiger partial charge in [0.1, 0.15) is 0 Å². The van der Waals surface area contributed by atoms with Gasteiger partial charge in [0.2, 0.25) is 0 Å². The zero-order chi connectivity index (χ0) is 13.8. The number of aliphatic imine (C=N–C) groups is 1. The van der Waals surface area contributed by atoms with Gasteiger partial charge in [-0.3, -0.25) is 9.89 Å². The molecule has 0 aromatic rings. The van der Waals surface area contributed by atoms with E-state index in [4.69, 9.17) is 4.99 Å². The summed E-state index contributed by atoms with van der Waals surface area (Å²) in [6.45, 7) is 8.68. The normalized spacial score (nSPS) is 27.6. The molecular weight excluding hydrogens is 248 g/mol. The van der Waals surface area contributed by atoms with Gasteiger partial charge >= 0.3 is 0 Å². The van der Waals surface area contributed by atoms with Gasteiger partial charge in [-0.2, -0.15) is 0 Å². The summed E-state index contributed by atoms with van der Waals surface area (Å²) in [5.41, 5.74) is 0. The Morgan fingerprint density at radius 3 is 2.75 bits per heavy atom. The number of rotatable bonds is 5. The van der Waals surface area contributed by atoms with Crippen LogP contribution in [-0.2, 0) is 0 Å². The van der Waals surface area contributed by atoms with Gasteiger partial charge in [-0.15, -0.1) is 0 Å². The van der Waals surface area contributed by atoms with Crippen LogP contribution >= 0.6 is 0 Å². The average molecular weight is 276 g/mol. The summed E-state index contributed by atoms with van der Waals surface area (Å²) in [5, 5.41) is 3.47. The SMILES string of the molecule is CCNC(=NCCC1CC1)N1CCC(N2CC=CC2)C1. The van der Waals surface area contributed by atoms with Crippen LogP contribution in [0.15, 0.2) is 17.1 Å². The maximum atomic E-state index is 4.83. The van der Waals surface area contributed by atoms with Gasteiger partial charge < -0.3 is 10.2 Å². The fraction of sp³-hybridized carbons (Fsp3) is 0.812. The highest BCUT2D eigenvalue weighted by molar-refractivity contribution is 5.80. The quantitative estimate of drug-likeness (QED) is 0.471. The molecule has 1 aliphatic carbocycles. The van der Waals surface area contributed by atoms with E-state index in [1.165, 1.54) is 25.7 Å². The third-order valence-electron chi connectivity index (χ3n) is 4.66. The smallest absolute Gasteiger partial charge is 0.193 e. The van der Waals surface area contributed by atoms with Gasteiger partial charge in [0, 0.05) is 45.3 Å². The molecule has 2 heterocycles. The van der Waals surface area contributed by atoms with Gasteiger partial charge in [0.25, 0.3) is 0 Å². The standard InChI is InChI=1S/C16H28N4/c1-2-17-16(18-9-7-14-5-6-14)20-12-8-15(13-20)19-10-3-4-11-19/h3-4,14-15H,2,5-13H2,1H3,(H,17,18). The minimum absolute atomic E-state index is 0.706. The lowest BCUT2D eigenvalue weighted by Crippen LogP contribution is -2.42. The molecule has 1 saturated heterocycles. The van der Waals surface area contributed by atoms with Crippen LogP contribution in [0.4, 0.5) is 0 Å². The molecule has 2 fully saturated rings. The summed E-state index contributed by atoms with van der Waals surface area (Å²) >= 11 is 0. The Bertz CT molecular complexity index is 365. The number of nitrogens with one attached hydrogen (secondary N) is 1. The third kappa shape index (κ3) is 3.54. The highest BCUT2D eigenvalue weighted by Gasteiger charge is 2.29. The second kappa shape index (κ2) is 6.61. The van der Waals surface area contributed by atoms with Crippen LogP contribution in [0, 0.1) is 5.92 Å². The van der Waals surface area contributed by atoms with E-state index in [2.05, 4.69) is 34.2 Å². The molecule has 20 heavy (non-hydrogen) atoms. The van der Waals surface area contributed by atoms with E-state index in [-0.39, 0.29) is 0 Å². The Labute approximate surface area is 122 Å². The van der Waals surface area contributed by atoms with Crippen molar-refractivity contribution in [3.8, 4) is 0 Å². The molecule has 1 saturated carbocycles. The first-order valence-corrected chi connectivity index (χ1v) is 8.29. The van der Waals surface area contributed by atoms with Crippen molar-refractivity contribution in [2.75, 3.05) is 39.3 Å². The summed E-state index contributed by atoms with van der Waals surface area (Å²) in [5.74, 6) is 2.12. The topological polar surface area (TPSA) is 30.9 Å². The molecule has 4 heteroatoms. The molecule has 2 aliphatic heterocycles. The molecule has 0 radical (unpaired) electrons. The molecule has 0 amide bonds. The maximum absolute atomic E-state index is 4.83. The van der Waals surface area contributed by atoms with Crippen molar-refractivity contribution >= 4 is 5.96 Å². The van der Waals surface area contributed by atoms with E-state index >= 15 is 0 Å². The fourth-order valence-corrected chi connectivity index (χ4v) is 3.21. The molecule has 1 atom stereocenters. The van der Waals surface area contributed by atoms with Crippen LogP contribution in [0.3, 0.4) is 0 Å². The Hall–Kier alpha value is -1.03. The van der Waals surface area contributed by atoms with Crippen molar-refractivity contribution in [1.29, 1.82) is 0 Å². The predicted molar refractivity (Wildman–Crippen MR) is 84.0 cm³/mol. The second-order valence-electron chi connectivity index (χ2n) is 6.28. The van der Waals surface area contributed by atoms with Crippen LogP contribution in [0.5, 0.6) is 0 Å². The second-order valence-corrected chi connectivity index (χ2v) is 6.28. The summed E-state index contributed by atoms with van der Waals surface area (Å²) in [6, 6.07) is 0.706. The van der Waals surface area contributed by atoms with Crippen molar-refractivity contribution in [2.24, 2.45) is 10.9 Å². The molecule has 0 bridgehead atoms. The predicted octanol–water partition coefficient (Wildman–Crippen LogP) is 1.70. The van der Waals surface area contributed by atoms with Crippen LogP contribution in [0.2, 0.25) is 0 Å². The summed E-state index contributed by atoms with van der Waals surface area (Å²) in [6.07, 6.45) is 9.99. The first-order chi connectivity index (χ1) is 9.86. The molecule has 0 aromatic carbocycles. The van der Waals surface area contributed by atoms with E-state index in [1.54, 1.807) is 0 Å². The largest absolute Gasteiger partial charge is 0.357 e. The molecule has 4 nitrogen and oxygen atoms in total. The van der Waals surface area contributed by atoms with E-state index in [0.29, 0.717) is 6.04 Å². The average Bonchev–Trinajstić information content (AvgIpc) is 2.96. The first kappa shape index (κ1) is 13.9. The first-order valence-electron chi connectivity index (χ1n) is 8.29. The Kier molecular flexibility index (Phi) is 4.61. The third-order valence-corrected chi connectivity index (χ3v) is 4.66. The van der Waals surface area contributed by atoms with E-state index in [0.717, 1.165) is 51.1 Å². The number of nitrogens with zero attached hydrogens (tertiary/aromatic N) is 3. The lowest BCUT2D eigenvalue weighted by molar-refractivity contribution is 0.259. The van der Waals surface area contributed by atoms with Gasteiger partial charge in [0.05, 0.1) is 0 Å². The lowest BCUT2D eigenvalue weighted by atomic mass is 10.2.